The van der Waals surface area contributed by atoms with Crippen LogP contribution in [0.15, 0.2) is 51.7 Å². The van der Waals surface area contributed by atoms with Gasteiger partial charge in [-0.2, -0.15) is 0 Å². The number of ether oxygens (including phenoxy) is 2. The van der Waals surface area contributed by atoms with Crippen LogP contribution >= 0.6 is 11.6 Å². The zero-order valence-corrected chi connectivity index (χ0v) is 12.8. The molecule has 3 rings (SSSR count). The first-order chi connectivity index (χ1) is 10.6. The largest absolute Gasteiger partial charge is 0.497 e. The molecule has 0 N–H and O–H groups in total. The molecule has 0 aliphatic heterocycles. The van der Waals surface area contributed by atoms with Crippen LogP contribution in [-0.2, 0) is 0 Å². The number of benzene rings is 2. The molecule has 0 spiro atoms. The van der Waals surface area contributed by atoms with E-state index < -0.39 is 5.63 Å². The summed E-state index contributed by atoms with van der Waals surface area (Å²) in [6.45, 7) is 0. The number of rotatable bonds is 3. The van der Waals surface area contributed by atoms with E-state index in [0.717, 1.165) is 11.3 Å². The Morgan fingerprint density at radius 2 is 1.64 bits per heavy atom. The van der Waals surface area contributed by atoms with Gasteiger partial charge in [-0.3, -0.25) is 0 Å². The average molecular weight is 317 g/mol. The Morgan fingerprint density at radius 1 is 0.955 bits per heavy atom. The molecule has 22 heavy (non-hydrogen) atoms. The van der Waals surface area contributed by atoms with Crippen LogP contribution in [0.3, 0.4) is 0 Å². The number of hydrogen-bond donors (Lipinski definition) is 0. The molecule has 0 saturated heterocycles. The van der Waals surface area contributed by atoms with Crippen molar-refractivity contribution in [3.63, 3.8) is 0 Å². The predicted molar refractivity (Wildman–Crippen MR) is 86.0 cm³/mol. The molecule has 0 fully saturated rings. The van der Waals surface area contributed by atoms with E-state index in [1.54, 1.807) is 49.6 Å². The zero-order valence-electron chi connectivity index (χ0n) is 12.1. The minimum atomic E-state index is -0.429. The van der Waals surface area contributed by atoms with Gasteiger partial charge in [-0.1, -0.05) is 23.7 Å². The Hall–Kier alpha value is -2.46. The molecule has 3 aromatic rings. The van der Waals surface area contributed by atoms with Crippen LogP contribution in [0.25, 0.3) is 22.1 Å². The molecule has 112 valence electrons. The van der Waals surface area contributed by atoms with Gasteiger partial charge in [0.2, 0.25) is 0 Å². The fourth-order valence-corrected chi connectivity index (χ4v) is 2.50. The number of fused-ring (bicyclic) bond motifs is 1. The van der Waals surface area contributed by atoms with E-state index >= 15 is 0 Å². The van der Waals surface area contributed by atoms with Gasteiger partial charge >= 0.3 is 5.63 Å². The van der Waals surface area contributed by atoms with E-state index in [0.29, 0.717) is 27.3 Å². The molecule has 0 bridgehead atoms. The summed E-state index contributed by atoms with van der Waals surface area (Å²) < 4.78 is 15.6. The summed E-state index contributed by atoms with van der Waals surface area (Å²) in [4.78, 5) is 12.2. The Morgan fingerprint density at radius 3 is 2.27 bits per heavy atom. The van der Waals surface area contributed by atoms with Crippen LogP contribution in [0.2, 0.25) is 5.02 Å². The van der Waals surface area contributed by atoms with Crippen LogP contribution in [0, 0.1) is 0 Å². The van der Waals surface area contributed by atoms with Crippen molar-refractivity contribution in [1.82, 2.24) is 0 Å². The minimum Gasteiger partial charge on any atom is -0.497 e. The fraction of sp³-hybridized carbons (Fsp3) is 0.118. The maximum absolute atomic E-state index is 12.2. The monoisotopic (exact) mass is 316 g/mol. The molecule has 0 unspecified atom stereocenters. The van der Waals surface area contributed by atoms with Crippen molar-refractivity contribution in [3.05, 3.63) is 57.9 Å². The van der Waals surface area contributed by atoms with Crippen LogP contribution < -0.4 is 15.1 Å². The van der Waals surface area contributed by atoms with Crippen LogP contribution in [0.5, 0.6) is 11.5 Å². The van der Waals surface area contributed by atoms with Gasteiger partial charge in [-0.15, -0.1) is 0 Å². The van der Waals surface area contributed by atoms with Crippen molar-refractivity contribution in [2.45, 2.75) is 0 Å². The van der Waals surface area contributed by atoms with Gasteiger partial charge in [-0.25, -0.2) is 4.79 Å². The van der Waals surface area contributed by atoms with Crippen LogP contribution in [0.4, 0.5) is 0 Å². The van der Waals surface area contributed by atoms with Crippen molar-refractivity contribution >= 4 is 22.6 Å². The maximum Gasteiger partial charge on any atom is 0.344 e. The highest BCUT2D eigenvalue weighted by Gasteiger charge is 2.11. The van der Waals surface area contributed by atoms with E-state index in [9.17, 15) is 4.79 Å². The first kappa shape index (κ1) is 14.5. The molecule has 0 radical (unpaired) electrons. The third-order valence-electron chi connectivity index (χ3n) is 3.41. The van der Waals surface area contributed by atoms with Crippen molar-refractivity contribution in [2.24, 2.45) is 0 Å². The summed E-state index contributed by atoms with van der Waals surface area (Å²) in [5.41, 5.74) is 1.15. The second kappa shape index (κ2) is 5.73. The Kier molecular flexibility index (Phi) is 3.77. The van der Waals surface area contributed by atoms with Crippen molar-refractivity contribution < 1.29 is 13.9 Å². The summed E-state index contributed by atoms with van der Waals surface area (Å²) in [6, 6.07) is 12.2. The van der Waals surface area contributed by atoms with E-state index in [-0.39, 0.29) is 0 Å². The Labute approximate surface area is 131 Å². The average Bonchev–Trinajstić information content (AvgIpc) is 2.54. The lowest BCUT2D eigenvalue weighted by molar-refractivity contribution is 0.414. The molecule has 5 heteroatoms. The van der Waals surface area contributed by atoms with Gasteiger partial charge < -0.3 is 13.9 Å². The highest BCUT2D eigenvalue weighted by atomic mass is 35.5. The SMILES string of the molecule is COc1ccc(-c2cc3c(Cl)cc(OC)cc3oc2=O)cc1. The molecule has 0 aliphatic carbocycles. The lowest BCUT2D eigenvalue weighted by Gasteiger charge is -2.07. The molecule has 0 aliphatic rings. The van der Waals surface area contributed by atoms with E-state index in [1.807, 2.05) is 0 Å². The lowest BCUT2D eigenvalue weighted by atomic mass is 10.1. The van der Waals surface area contributed by atoms with Crippen molar-refractivity contribution in [3.8, 4) is 22.6 Å². The molecule has 1 aromatic heterocycles. The quantitative estimate of drug-likeness (QED) is 0.682. The summed E-state index contributed by atoms with van der Waals surface area (Å²) in [5.74, 6) is 1.26. The first-order valence-electron chi connectivity index (χ1n) is 6.58. The van der Waals surface area contributed by atoms with Gasteiger partial charge in [0, 0.05) is 11.5 Å². The normalized spacial score (nSPS) is 10.7. The lowest BCUT2D eigenvalue weighted by Crippen LogP contribution is -2.03. The summed E-state index contributed by atoms with van der Waals surface area (Å²) in [6.07, 6.45) is 0. The van der Waals surface area contributed by atoms with E-state index in [2.05, 4.69) is 0 Å². The maximum atomic E-state index is 12.2. The molecular formula is C17H13ClO4. The van der Waals surface area contributed by atoms with Gasteiger partial charge in [0.25, 0.3) is 0 Å². The number of methoxy groups -OCH3 is 2. The third-order valence-corrected chi connectivity index (χ3v) is 3.73. The van der Waals surface area contributed by atoms with E-state index in [1.165, 1.54) is 7.11 Å². The second-order valence-corrected chi connectivity index (χ2v) is 5.10. The van der Waals surface area contributed by atoms with Gasteiger partial charge in [-0.05, 0) is 29.8 Å². The summed E-state index contributed by atoms with van der Waals surface area (Å²) >= 11 is 6.24. The van der Waals surface area contributed by atoms with Gasteiger partial charge in [0.1, 0.15) is 17.1 Å². The molecule has 2 aromatic carbocycles. The Balaban J connectivity index is 2.20. The molecule has 4 nitrogen and oxygen atoms in total. The second-order valence-electron chi connectivity index (χ2n) is 4.70. The predicted octanol–water partition coefficient (Wildman–Crippen LogP) is 4.13. The standard InChI is InChI=1S/C17H13ClO4/c1-20-11-5-3-10(4-6-11)13-9-14-15(18)7-12(21-2)8-16(14)22-17(13)19/h3-9H,1-2H3. The molecule has 0 saturated carbocycles. The third kappa shape index (κ3) is 2.53. The molecule has 0 amide bonds. The molecule has 0 atom stereocenters. The van der Waals surface area contributed by atoms with Crippen LogP contribution in [0.1, 0.15) is 0 Å². The minimum absolute atomic E-state index is 0.395. The highest BCUT2D eigenvalue weighted by molar-refractivity contribution is 6.35. The molecular weight excluding hydrogens is 304 g/mol. The smallest absolute Gasteiger partial charge is 0.344 e. The van der Waals surface area contributed by atoms with Gasteiger partial charge in [0.05, 0.1) is 24.8 Å². The fourth-order valence-electron chi connectivity index (χ4n) is 2.24. The summed E-state index contributed by atoms with van der Waals surface area (Å²) in [7, 11) is 3.12. The Bertz CT molecular complexity index is 882. The van der Waals surface area contributed by atoms with E-state index in [4.69, 9.17) is 25.5 Å². The first-order valence-corrected chi connectivity index (χ1v) is 6.96. The highest BCUT2D eigenvalue weighted by Crippen LogP contribution is 2.31. The van der Waals surface area contributed by atoms with Gasteiger partial charge in [0.15, 0.2) is 0 Å². The number of halogens is 1. The topological polar surface area (TPSA) is 48.7 Å². The number of hydrogen-bond acceptors (Lipinski definition) is 4. The van der Waals surface area contributed by atoms with Crippen LogP contribution in [-0.4, -0.2) is 14.2 Å². The summed E-state index contributed by atoms with van der Waals surface area (Å²) in [5, 5.41) is 1.13. The molecule has 1 heterocycles. The van der Waals surface area contributed by atoms with Crippen molar-refractivity contribution in [2.75, 3.05) is 14.2 Å². The van der Waals surface area contributed by atoms with Crippen molar-refractivity contribution in [1.29, 1.82) is 0 Å². The zero-order chi connectivity index (χ0) is 15.7.